The van der Waals surface area contributed by atoms with E-state index in [4.69, 9.17) is 0 Å². The third kappa shape index (κ3) is 3.51. The van der Waals surface area contributed by atoms with Gasteiger partial charge in [0.25, 0.3) is 5.69 Å². The fraction of sp³-hybridized carbons (Fsp3) is 0.333. The summed E-state index contributed by atoms with van der Waals surface area (Å²) in [5, 5.41) is 13.9. The zero-order chi connectivity index (χ0) is 13.7. The van der Waals surface area contributed by atoms with E-state index in [2.05, 4.69) is 20.3 Å². The fourth-order valence-electron chi connectivity index (χ4n) is 1.71. The molecule has 100 valence electrons. The number of nitro groups is 1. The molecular formula is C12H15N5O2. The van der Waals surface area contributed by atoms with Gasteiger partial charge < -0.3 is 10.3 Å². The Morgan fingerprint density at radius 2 is 2.32 bits per heavy atom. The number of H-pyrrole nitrogens is 1. The molecule has 2 aromatic rings. The second-order valence-corrected chi connectivity index (χ2v) is 4.18. The van der Waals surface area contributed by atoms with Gasteiger partial charge in [-0.2, -0.15) is 0 Å². The number of pyridine rings is 1. The summed E-state index contributed by atoms with van der Waals surface area (Å²) in [7, 11) is 0. The highest BCUT2D eigenvalue weighted by atomic mass is 16.6. The third-order valence-corrected chi connectivity index (χ3v) is 2.72. The first-order valence-electron chi connectivity index (χ1n) is 6.00. The van der Waals surface area contributed by atoms with Gasteiger partial charge in [0, 0.05) is 37.1 Å². The molecule has 7 heteroatoms. The summed E-state index contributed by atoms with van der Waals surface area (Å²) in [5.74, 6) is 1.46. The van der Waals surface area contributed by atoms with Crippen molar-refractivity contribution < 1.29 is 4.92 Å². The van der Waals surface area contributed by atoms with Gasteiger partial charge >= 0.3 is 0 Å². The smallest absolute Gasteiger partial charge is 0.277 e. The Balaban J connectivity index is 1.86. The number of aromatic nitrogens is 3. The van der Waals surface area contributed by atoms with Gasteiger partial charge in [-0.3, -0.25) is 10.1 Å². The van der Waals surface area contributed by atoms with Gasteiger partial charge in [0.05, 0.1) is 11.0 Å². The molecule has 0 bridgehead atoms. The molecule has 2 aromatic heterocycles. The Labute approximate surface area is 110 Å². The van der Waals surface area contributed by atoms with Crippen LogP contribution in [0.25, 0.3) is 0 Å². The van der Waals surface area contributed by atoms with Crippen LogP contribution >= 0.6 is 0 Å². The maximum absolute atomic E-state index is 10.8. The number of aryl methyl sites for hydroxylation is 2. The normalized spacial score (nSPS) is 10.4. The van der Waals surface area contributed by atoms with E-state index < -0.39 is 4.92 Å². The van der Waals surface area contributed by atoms with Crippen LogP contribution in [0.2, 0.25) is 0 Å². The quantitative estimate of drug-likeness (QED) is 0.471. The van der Waals surface area contributed by atoms with Crippen molar-refractivity contribution in [2.24, 2.45) is 0 Å². The Hall–Kier alpha value is -2.44. The highest BCUT2D eigenvalue weighted by Crippen LogP contribution is 2.19. The molecule has 0 atom stereocenters. The Kier molecular flexibility index (Phi) is 4.07. The van der Waals surface area contributed by atoms with E-state index in [1.807, 2.05) is 0 Å². The van der Waals surface area contributed by atoms with Crippen molar-refractivity contribution >= 4 is 11.5 Å². The van der Waals surface area contributed by atoms with Gasteiger partial charge in [-0.05, 0) is 13.3 Å². The molecule has 2 rings (SSSR count). The summed E-state index contributed by atoms with van der Waals surface area (Å²) in [6.45, 7) is 2.36. The van der Waals surface area contributed by atoms with Crippen molar-refractivity contribution in [2.45, 2.75) is 19.8 Å². The Morgan fingerprint density at radius 1 is 1.47 bits per heavy atom. The minimum absolute atomic E-state index is 0.0866. The average Bonchev–Trinajstić information content (AvgIpc) is 2.89. The molecule has 0 unspecified atom stereocenters. The number of anilines is 1. The molecule has 0 radical (unpaired) electrons. The summed E-state index contributed by atoms with van der Waals surface area (Å²) >= 11 is 0. The highest BCUT2D eigenvalue weighted by Gasteiger charge is 2.11. The zero-order valence-electron chi connectivity index (χ0n) is 10.6. The van der Waals surface area contributed by atoms with Crippen molar-refractivity contribution in [3.05, 3.63) is 46.2 Å². The van der Waals surface area contributed by atoms with Gasteiger partial charge in [0.15, 0.2) is 0 Å². The van der Waals surface area contributed by atoms with Crippen molar-refractivity contribution in [1.29, 1.82) is 0 Å². The van der Waals surface area contributed by atoms with Crippen LogP contribution in [0.3, 0.4) is 0 Å². The Morgan fingerprint density at radius 3 is 3.00 bits per heavy atom. The first-order chi connectivity index (χ1) is 9.16. The van der Waals surface area contributed by atoms with Crippen LogP contribution in [0, 0.1) is 17.0 Å². The summed E-state index contributed by atoms with van der Waals surface area (Å²) in [4.78, 5) is 21.7. The highest BCUT2D eigenvalue weighted by molar-refractivity contribution is 5.48. The van der Waals surface area contributed by atoms with E-state index >= 15 is 0 Å². The summed E-state index contributed by atoms with van der Waals surface area (Å²) < 4.78 is 0. The zero-order valence-corrected chi connectivity index (χ0v) is 10.6. The largest absolute Gasteiger partial charge is 0.370 e. The first kappa shape index (κ1) is 13.0. The van der Waals surface area contributed by atoms with Crippen LogP contribution < -0.4 is 5.32 Å². The van der Waals surface area contributed by atoms with E-state index in [1.54, 1.807) is 19.3 Å². The molecule has 0 spiro atoms. The molecule has 2 heterocycles. The van der Waals surface area contributed by atoms with Gasteiger partial charge in [0.2, 0.25) is 0 Å². The van der Waals surface area contributed by atoms with Crippen LogP contribution in [-0.4, -0.2) is 26.4 Å². The average molecular weight is 261 g/mol. The van der Waals surface area contributed by atoms with Crippen LogP contribution in [0.4, 0.5) is 11.5 Å². The van der Waals surface area contributed by atoms with E-state index in [0.29, 0.717) is 17.9 Å². The van der Waals surface area contributed by atoms with E-state index in [-0.39, 0.29) is 5.69 Å². The lowest BCUT2D eigenvalue weighted by Gasteiger charge is -2.05. The van der Waals surface area contributed by atoms with Crippen molar-refractivity contribution in [2.75, 3.05) is 11.9 Å². The van der Waals surface area contributed by atoms with Gasteiger partial charge in [0.1, 0.15) is 11.6 Å². The van der Waals surface area contributed by atoms with Crippen LogP contribution in [-0.2, 0) is 6.42 Å². The minimum Gasteiger partial charge on any atom is -0.370 e. The maximum Gasteiger partial charge on any atom is 0.277 e. The summed E-state index contributed by atoms with van der Waals surface area (Å²) in [6, 6.07) is 1.46. The molecule has 7 nitrogen and oxygen atoms in total. The minimum atomic E-state index is -0.398. The molecule has 0 aliphatic rings. The number of imidazole rings is 1. The second-order valence-electron chi connectivity index (χ2n) is 4.18. The van der Waals surface area contributed by atoms with E-state index in [0.717, 1.165) is 18.7 Å². The number of rotatable bonds is 6. The number of hydrogen-bond donors (Lipinski definition) is 2. The molecule has 0 saturated carbocycles. The molecule has 19 heavy (non-hydrogen) atoms. The number of aromatic amines is 1. The van der Waals surface area contributed by atoms with Crippen LogP contribution in [0.5, 0.6) is 0 Å². The molecule has 0 aliphatic heterocycles. The van der Waals surface area contributed by atoms with Crippen LogP contribution in [0.15, 0.2) is 24.7 Å². The Bertz CT molecular complexity index is 553. The molecule has 0 aliphatic carbocycles. The molecule has 0 saturated heterocycles. The molecule has 0 fully saturated rings. The molecule has 2 N–H and O–H groups in total. The van der Waals surface area contributed by atoms with Crippen molar-refractivity contribution in [3.63, 3.8) is 0 Å². The summed E-state index contributed by atoms with van der Waals surface area (Å²) in [6.07, 6.45) is 6.71. The lowest BCUT2D eigenvalue weighted by molar-refractivity contribution is -0.385. The standard InChI is InChI=1S/C12H15N5O2/c1-9-8-16-12(7-10(9)17(18)19)13-4-2-3-11-14-5-6-15-11/h5-8H,2-4H2,1H3,(H,13,16)(H,14,15). The lowest BCUT2D eigenvalue weighted by atomic mass is 10.2. The lowest BCUT2D eigenvalue weighted by Crippen LogP contribution is -2.06. The first-order valence-corrected chi connectivity index (χ1v) is 6.00. The summed E-state index contributed by atoms with van der Waals surface area (Å²) in [5.41, 5.74) is 0.648. The topological polar surface area (TPSA) is 96.7 Å². The van der Waals surface area contributed by atoms with Gasteiger partial charge in [-0.25, -0.2) is 9.97 Å². The van der Waals surface area contributed by atoms with E-state index in [1.165, 1.54) is 12.3 Å². The molecule has 0 amide bonds. The number of hydrogen-bond acceptors (Lipinski definition) is 5. The number of nitrogens with zero attached hydrogens (tertiary/aromatic N) is 3. The second kappa shape index (κ2) is 5.94. The van der Waals surface area contributed by atoms with Gasteiger partial charge in [-0.15, -0.1) is 0 Å². The van der Waals surface area contributed by atoms with E-state index in [9.17, 15) is 10.1 Å². The van der Waals surface area contributed by atoms with Crippen LogP contribution in [0.1, 0.15) is 17.8 Å². The van der Waals surface area contributed by atoms with Gasteiger partial charge in [-0.1, -0.05) is 0 Å². The number of nitrogens with one attached hydrogen (secondary N) is 2. The predicted octanol–water partition coefficient (Wildman–Crippen LogP) is 2.07. The fourth-order valence-corrected chi connectivity index (χ4v) is 1.71. The SMILES string of the molecule is Cc1cnc(NCCCc2ncc[nH]2)cc1[N+](=O)[O-]. The molecule has 0 aromatic carbocycles. The molecular weight excluding hydrogens is 246 g/mol. The predicted molar refractivity (Wildman–Crippen MR) is 71.0 cm³/mol. The maximum atomic E-state index is 10.8. The van der Waals surface area contributed by atoms with Crippen molar-refractivity contribution in [1.82, 2.24) is 15.0 Å². The van der Waals surface area contributed by atoms with Crippen molar-refractivity contribution in [3.8, 4) is 0 Å². The third-order valence-electron chi connectivity index (χ3n) is 2.72. The monoisotopic (exact) mass is 261 g/mol.